The van der Waals surface area contributed by atoms with E-state index in [1.165, 1.54) is 0 Å². The fourth-order valence-corrected chi connectivity index (χ4v) is 2.66. The van der Waals surface area contributed by atoms with Crippen molar-refractivity contribution < 1.29 is 14.0 Å². The lowest BCUT2D eigenvalue weighted by atomic mass is 10.1. The van der Waals surface area contributed by atoms with E-state index in [9.17, 15) is 9.59 Å². The summed E-state index contributed by atoms with van der Waals surface area (Å²) in [6.07, 6.45) is 3.55. The summed E-state index contributed by atoms with van der Waals surface area (Å²) >= 11 is 0. The Hall–Kier alpha value is -2.57. The highest BCUT2D eigenvalue weighted by Gasteiger charge is 2.28. The fourth-order valence-electron chi connectivity index (χ4n) is 2.66. The second kappa shape index (κ2) is 6.05. The van der Waals surface area contributed by atoms with Crippen LogP contribution in [0.2, 0.25) is 0 Å². The van der Waals surface area contributed by atoms with Crippen molar-refractivity contribution in [3.63, 3.8) is 0 Å². The molecule has 7 heteroatoms. The number of aromatic nitrogens is 2. The largest absolute Gasteiger partial charge is 0.467 e. The summed E-state index contributed by atoms with van der Waals surface area (Å²) in [5.41, 5.74) is 0.949. The van der Waals surface area contributed by atoms with E-state index in [0.29, 0.717) is 25.4 Å². The van der Waals surface area contributed by atoms with Gasteiger partial charge in [-0.2, -0.15) is 5.10 Å². The molecule has 0 spiro atoms. The molecule has 0 aromatic carbocycles. The minimum absolute atomic E-state index is 0.00782. The van der Waals surface area contributed by atoms with Crippen molar-refractivity contribution in [3.8, 4) is 0 Å². The third-order valence-corrected chi connectivity index (χ3v) is 3.79. The SMILES string of the molecule is CC(=O)N1Cc2ccnn2[C@@H](CC(=O)NCc2ccco2)C1. The van der Waals surface area contributed by atoms with Gasteiger partial charge in [-0.05, 0) is 18.2 Å². The average molecular weight is 302 g/mol. The molecule has 2 amide bonds. The maximum atomic E-state index is 12.1. The molecule has 0 saturated heterocycles. The van der Waals surface area contributed by atoms with Gasteiger partial charge >= 0.3 is 0 Å². The molecule has 0 aliphatic carbocycles. The Kier molecular flexibility index (Phi) is 3.95. The summed E-state index contributed by atoms with van der Waals surface area (Å²) in [4.78, 5) is 25.5. The molecule has 1 aliphatic rings. The number of hydrogen-bond acceptors (Lipinski definition) is 4. The van der Waals surface area contributed by atoms with Crippen LogP contribution in [-0.4, -0.2) is 33.0 Å². The first-order valence-corrected chi connectivity index (χ1v) is 7.20. The molecule has 3 heterocycles. The van der Waals surface area contributed by atoms with Gasteiger partial charge in [-0.3, -0.25) is 14.3 Å². The highest BCUT2D eigenvalue weighted by atomic mass is 16.3. The Morgan fingerprint density at radius 3 is 3.05 bits per heavy atom. The molecule has 0 bridgehead atoms. The number of hydrogen-bond donors (Lipinski definition) is 1. The Morgan fingerprint density at radius 2 is 2.32 bits per heavy atom. The van der Waals surface area contributed by atoms with Crippen LogP contribution in [-0.2, 0) is 22.7 Å². The van der Waals surface area contributed by atoms with E-state index < -0.39 is 0 Å². The van der Waals surface area contributed by atoms with E-state index in [0.717, 1.165) is 5.69 Å². The van der Waals surface area contributed by atoms with Gasteiger partial charge in [-0.1, -0.05) is 0 Å². The summed E-state index contributed by atoms with van der Waals surface area (Å²) < 4.78 is 7.02. The molecular formula is C15H18N4O3. The summed E-state index contributed by atoms with van der Waals surface area (Å²) in [6, 6.07) is 5.33. The normalized spacial score (nSPS) is 17.1. The third-order valence-electron chi connectivity index (χ3n) is 3.79. The molecule has 116 valence electrons. The predicted octanol–water partition coefficient (Wildman–Crippen LogP) is 1.09. The summed E-state index contributed by atoms with van der Waals surface area (Å²) in [7, 11) is 0. The quantitative estimate of drug-likeness (QED) is 0.916. The minimum atomic E-state index is -0.140. The first-order chi connectivity index (χ1) is 10.6. The molecule has 0 fully saturated rings. The highest BCUT2D eigenvalue weighted by molar-refractivity contribution is 5.77. The van der Waals surface area contributed by atoms with Crippen molar-refractivity contribution in [2.75, 3.05) is 6.54 Å². The van der Waals surface area contributed by atoms with Gasteiger partial charge in [0.1, 0.15) is 5.76 Å². The molecule has 22 heavy (non-hydrogen) atoms. The highest BCUT2D eigenvalue weighted by Crippen LogP contribution is 2.22. The van der Waals surface area contributed by atoms with Crippen LogP contribution in [0.3, 0.4) is 0 Å². The van der Waals surface area contributed by atoms with Crippen molar-refractivity contribution in [2.45, 2.75) is 32.5 Å². The molecule has 2 aromatic heterocycles. The molecule has 3 rings (SSSR count). The first-order valence-electron chi connectivity index (χ1n) is 7.20. The number of nitrogens with one attached hydrogen (secondary N) is 1. The lowest BCUT2D eigenvalue weighted by molar-refractivity contribution is -0.132. The molecule has 1 N–H and O–H groups in total. The molecule has 0 unspecified atom stereocenters. The molecule has 7 nitrogen and oxygen atoms in total. The second-order valence-corrected chi connectivity index (χ2v) is 5.38. The van der Waals surface area contributed by atoms with Crippen LogP contribution in [0, 0.1) is 0 Å². The zero-order chi connectivity index (χ0) is 15.5. The van der Waals surface area contributed by atoms with E-state index in [2.05, 4.69) is 10.4 Å². The van der Waals surface area contributed by atoms with E-state index in [4.69, 9.17) is 4.42 Å². The van der Waals surface area contributed by atoms with E-state index in [1.807, 2.05) is 16.8 Å². The van der Waals surface area contributed by atoms with Crippen molar-refractivity contribution in [1.82, 2.24) is 20.0 Å². The predicted molar refractivity (Wildman–Crippen MR) is 77.5 cm³/mol. The number of nitrogens with zero attached hydrogens (tertiary/aromatic N) is 3. The van der Waals surface area contributed by atoms with Crippen LogP contribution in [0.4, 0.5) is 0 Å². The lowest BCUT2D eigenvalue weighted by Gasteiger charge is -2.33. The van der Waals surface area contributed by atoms with Crippen molar-refractivity contribution in [2.24, 2.45) is 0 Å². The van der Waals surface area contributed by atoms with Crippen molar-refractivity contribution >= 4 is 11.8 Å². The third kappa shape index (κ3) is 3.03. The van der Waals surface area contributed by atoms with Crippen LogP contribution in [0.15, 0.2) is 35.1 Å². The molecule has 2 aromatic rings. The number of fused-ring (bicyclic) bond motifs is 1. The van der Waals surface area contributed by atoms with Crippen molar-refractivity contribution in [3.05, 3.63) is 42.1 Å². The Labute approximate surface area is 127 Å². The molecule has 0 radical (unpaired) electrons. The lowest BCUT2D eigenvalue weighted by Crippen LogP contribution is -2.42. The Bertz CT molecular complexity index is 662. The Balaban J connectivity index is 1.63. The van der Waals surface area contributed by atoms with E-state index >= 15 is 0 Å². The smallest absolute Gasteiger partial charge is 0.222 e. The van der Waals surface area contributed by atoms with Crippen LogP contribution in [0.5, 0.6) is 0 Å². The Morgan fingerprint density at radius 1 is 1.45 bits per heavy atom. The van der Waals surface area contributed by atoms with Crippen molar-refractivity contribution in [1.29, 1.82) is 0 Å². The van der Waals surface area contributed by atoms with Gasteiger partial charge in [0.25, 0.3) is 0 Å². The number of carbonyl (C=O) groups is 2. The second-order valence-electron chi connectivity index (χ2n) is 5.38. The maximum absolute atomic E-state index is 12.1. The average Bonchev–Trinajstić information content (AvgIpc) is 3.16. The zero-order valence-corrected chi connectivity index (χ0v) is 12.4. The molecule has 1 aliphatic heterocycles. The van der Waals surface area contributed by atoms with Gasteiger partial charge in [-0.25, -0.2) is 0 Å². The summed E-state index contributed by atoms with van der Waals surface area (Å²) in [5.74, 6) is 0.629. The zero-order valence-electron chi connectivity index (χ0n) is 12.4. The summed E-state index contributed by atoms with van der Waals surface area (Å²) in [6.45, 7) is 2.94. The van der Waals surface area contributed by atoms with Gasteiger partial charge in [0.05, 0.1) is 37.5 Å². The number of furan rings is 1. The monoisotopic (exact) mass is 302 g/mol. The van der Waals surface area contributed by atoms with Gasteiger partial charge in [0, 0.05) is 19.7 Å². The number of amides is 2. The van der Waals surface area contributed by atoms with Crippen LogP contribution in [0.25, 0.3) is 0 Å². The molecular weight excluding hydrogens is 284 g/mol. The van der Waals surface area contributed by atoms with Crippen LogP contribution >= 0.6 is 0 Å². The van der Waals surface area contributed by atoms with Gasteiger partial charge < -0.3 is 14.6 Å². The van der Waals surface area contributed by atoms with Gasteiger partial charge in [-0.15, -0.1) is 0 Å². The fraction of sp³-hybridized carbons (Fsp3) is 0.400. The van der Waals surface area contributed by atoms with Gasteiger partial charge in [0.15, 0.2) is 0 Å². The van der Waals surface area contributed by atoms with E-state index in [1.54, 1.807) is 30.4 Å². The standard InChI is InChI=1S/C15H18N4O3/c1-11(20)18-9-12-4-5-17-19(12)13(10-18)7-15(21)16-8-14-3-2-6-22-14/h2-6,13H,7-10H2,1H3,(H,16,21)/t13-/m0/s1. The van der Waals surface area contributed by atoms with Crippen LogP contribution < -0.4 is 5.32 Å². The van der Waals surface area contributed by atoms with Crippen LogP contribution in [0.1, 0.15) is 30.8 Å². The molecule has 0 saturated carbocycles. The number of carbonyl (C=O) groups excluding carboxylic acids is 2. The topological polar surface area (TPSA) is 80.4 Å². The first kappa shape index (κ1) is 14.4. The van der Waals surface area contributed by atoms with E-state index in [-0.39, 0.29) is 24.3 Å². The summed E-state index contributed by atoms with van der Waals surface area (Å²) in [5, 5.41) is 7.10. The van der Waals surface area contributed by atoms with Gasteiger partial charge in [0.2, 0.25) is 11.8 Å². The maximum Gasteiger partial charge on any atom is 0.222 e. The minimum Gasteiger partial charge on any atom is -0.467 e. The number of rotatable bonds is 4. The molecule has 1 atom stereocenters.